The summed E-state index contributed by atoms with van der Waals surface area (Å²) in [6.07, 6.45) is 2.70. The van der Waals surface area contributed by atoms with E-state index in [2.05, 4.69) is 29.8 Å². The van der Waals surface area contributed by atoms with E-state index in [4.69, 9.17) is 4.74 Å². The number of pyridine rings is 1. The maximum atomic E-state index is 12.8. The summed E-state index contributed by atoms with van der Waals surface area (Å²) in [6.45, 7) is 7.55. The van der Waals surface area contributed by atoms with Crippen LogP contribution in [-0.2, 0) is 0 Å². The molecule has 0 atom stereocenters. The minimum Gasteiger partial charge on any atom is -0.494 e. The van der Waals surface area contributed by atoms with Crippen molar-refractivity contribution >= 4 is 11.7 Å². The number of anilines is 1. The fraction of sp³-hybridized carbons (Fsp3) is 0.409. The maximum Gasteiger partial charge on any atom is 0.253 e. The number of carbonyl (C=O) groups is 1. The number of rotatable bonds is 6. The lowest BCUT2D eigenvalue weighted by Crippen LogP contribution is -2.49. The molecule has 1 aromatic carbocycles. The van der Waals surface area contributed by atoms with Crippen molar-refractivity contribution in [3.63, 3.8) is 0 Å². The molecule has 0 aliphatic carbocycles. The molecule has 1 fully saturated rings. The lowest BCUT2D eigenvalue weighted by Gasteiger charge is -2.35. The summed E-state index contributed by atoms with van der Waals surface area (Å²) in [5.41, 5.74) is 1.23. The van der Waals surface area contributed by atoms with Crippen LogP contribution in [0, 0.1) is 17.2 Å². The van der Waals surface area contributed by atoms with Gasteiger partial charge in [0.15, 0.2) is 0 Å². The third kappa shape index (κ3) is 4.80. The summed E-state index contributed by atoms with van der Waals surface area (Å²) in [7, 11) is 0. The molecule has 1 amide bonds. The first-order valence-electron chi connectivity index (χ1n) is 9.70. The molecule has 0 radical (unpaired) electrons. The molecular formula is C22H26N4O2. The van der Waals surface area contributed by atoms with Gasteiger partial charge in [0.1, 0.15) is 17.6 Å². The first-order chi connectivity index (χ1) is 13.6. The Bertz CT molecular complexity index is 834. The average molecular weight is 378 g/mol. The molecule has 0 N–H and O–H groups in total. The van der Waals surface area contributed by atoms with Crippen LogP contribution in [0.25, 0.3) is 0 Å². The van der Waals surface area contributed by atoms with Crippen LogP contribution in [0.5, 0.6) is 5.75 Å². The van der Waals surface area contributed by atoms with Gasteiger partial charge < -0.3 is 14.5 Å². The molecule has 0 bridgehead atoms. The standard InChI is InChI=1S/C22H26N4O2/c1-17(2)9-15-28-20-7-5-18(6-8-20)22(27)26-13-11-25(12-14-26)21-19(16-23)4-3-10-24-21/h3-8,10,17H,9,11-15H2,1-2H3. The van der Waals surface area contributed by atoms with Crippen molar-refractivity contribution < 1.29 is 9.53 Å². The van der Waals surface area contributed by atoms with Crippen LogP contribution in [0.3, 0.4) is 0 Å². The van der Waals surface area contributed by atoms with E-state index in [9.17, 15) is 10.1 Å². The highest BCUT2D eigenvalue weighted by Gasteiger charge is 2.24. The Labute approximate surface area is 166 Å². The summed E-state index contributed by atoms with van der Waals surface area (Å²) >= 11 is 0. The van der Waals surface area contributed by atoms with Gasteiger partial charge in [-0.05, 0) is 48.7 Å². The molecule has 1 aromatic heterocycles. The van der Waals surface area contributed by atoms with Crippen LogP contribution < -0.4 is 9.64 Å². The van der Waals surface area contributed by atoms with Gasteiger partial charge in [-0.15, -0.1) is 0 Å². The molecule has 6 heteroatoms. The Kier molecular flexibility index (Phi) is 6.49. The fourth-order valence-corrected chi connectivity index (χ4v) is 3.15. The van der Waals surface area contributed by atoms with E-state index in [0.717, 1.165) is 12.2 Å². The number of piperazine rings is 1. The van der Waals surface area contributed by atoms with E-state index in [-0.39, 0.29) is 5.91 Å². The van der Waals surface area contributed by atoms with Crippen molar-refractivity contribution in [2.24, 2.45) is 5.92 Å². The Morgan fingerprint density at radius 1 is 1.18 bits per heavy atom. The third-order valence-corrected chi connectivity index (χ3v) is 4.84. The van der Waals surface area contributed by atoms with E-state index in [1.165, 1.54) is 0 Å². The summed E-state index contributed by atoms with van der Waals surface area (Å²) in [5, 5.41) is 9.25. The normalized spacial score (nSPS) is 14.1. The Balaban J connectivity index is 1.56. The zero-order valence-corrected chi connectivity index (χ0v) is 16.5. The molecule has 6 nitrogen and oxygen atoms in total. The van der Waals surface area contributed by atoms with Crippen molar-refractivity contribution in [2.75, 3.05) is 37.7 Å². The van der Waals surface area contributed by atoms with Gasteiger partial charge in [-0.25, -0.2) is 4.98 Å². The average Bonchev–Trinajstić information content (AvgIpc) is 2.73. The van der Waals surface area contributed by atoms with Crippen LogP contribution in [0.1, 0.15) is 36.2 Å². The van der Waals surface area contributed by atoms with Gasteiger partial charge in [0.25, 0.3) is 5.91 Å². The minimum absolute atomic E-state index is 0.0231. The van der Waals surface area contributed by atoms with Crippen LogP contribution in [0.15, 0.2) is 42.6 Å². The molecule has 0 saturated carbocycles. The van der Waals surface area contributed by atoms with E-state index >= 15 is 0 Å². The van der Waals surface area contributed by atoms with Crippen molar-refractivity contribution in [3.8, 4) is 11.8 Å². The molecule has 146 valence electrons. The van der Waals surface area contributed by atoms with Gasteiger partial charge in [0, 0.05) is 37.9 Å². The van der Waals surface area contributed by atoms with Gasteiger partial charge in [-0.1, -0.05) is 13.8 Å². The lowest BCUT2D eigenvalue weighted by molar-refractivity contribution is 0.0746. The molecular weight excluding hydrogens is 352 g/mol. The highest BCUT2D eigenvalue weighted by Crippen LogP contribution is 2.20. The first-order valence-corrected chi connectivity index (χ1v) is 9.70. The third-order valence-electron chi connectivity index (χ3n) is 4.84. The Morgan fingerprint density at radius 2 is 1.89 bits per heavy atom. The molecule has 3 rings (SSSR count). The Hall–Kier alpha value is -3.07. The topological polar surface area (TPSA) is 69.5 Å². The number of nitriles is 1. The predicted molar refractivity (Wildman–Crippen MR) is 108 cm³/mol. The van der Waals surface area contributed by atoms with Gasteiger partial charge >= 0.3 is 0 Å². The van der Waals surface area contributed by atoms with Gasteiger partial charge in [0.2, 0.25) is 0 Å². The molecule has 2 aromatic rings. The van der Waals surface area contributed by atoms with E-state index in [1.807, 2.05) is 29.2 Å². The number of benzene rings is 1. The van der Waals surface area contributed by atoms with Gasteiger partial charge in [-0.2, -0.15) is 5.26 Å². The number of aromatic nitrogens is 1. The molecule has 1 saturated heterocycles. The van der Waals surface area contributed by atoms with Gasteiger partial charge in [-0.3, -0.25) is 4.79 Å². The second-order valence-electron chi connectivity index (χ2n) is 7.32. The molecule has 0 spiro atoms. The lowest BCUT2D eigenvalue weighted by atomic mass is 10.1. The van der Waals surface area contributed by atoms with Crippen molar-refractivity contribution in [1.82, 2.24) is 9.88 Å². The SMILES string of the molecule is CC(C)CCOc1ccc(C(=O)N2CCN(c3ncccc3C#N)CC2)cc1. The van der Waals surface area contributed by atoms with Gasteiger partial charge in [0.05, 0.1) is 12.2 Å². The number of ether oxygens (including phenoxy) is 1. The van der Waals surface area contributed by atoms with Crippen LogP contribution in [0.2, 0.25) is 0 Å². The second-order valence-corrected chi connectivity index (χ2v) is 7.32. The first kappa shape index (κ1) is 19.7. The molecule has 1 aliphatic heterocycles. The summed E-state index contributed by atoms with van der Waals surface area (Å²) in [5.74, 6) is 2.12. The largest absolute Gasteiger partial charge is 0.494 e. The zero-order chi connectivity index (χ0) is 19.9. The molecule has 1 aliphatic rings. The number of nitrogens with zero attached hydrogens (tertiary/aromatic N) is 4. The van der Waals surface area contributed by atoms with Crippen LogP contribution in [-0.4, -0.2) is 48.6 Å². The second kappa shape index (κ2) is 9.23. The number of hydrogen-bond donors (Lipinski definition) is 0. The van der Waals surface area contributed by atoms with Crippen LogP contribution >= 0.6 is 0 Å². The highest BCUT2D eigenvalue weighted by molar-refractivity contribution is 5.94. The molecule has 0 unspecified atom stereocenters. The monoisotopic (exact) mass is 378 g/mol. The smallest absolute Gasteiger partial charge is 0.253 e. The molecule has 2 heterocycles. The van der Waals surface area contributed by atoms with Crippen molar-refractivity contribution in [2.45, 2.75) is 20.3 Å². The highest BCUT2D eigenvalue weighted by atomic mass is 16.5. The summed E-state index contributed by atoms with van der Waals surface area (Å²) < 4.78 is 5.72. The van der Waals surface area contributed by atoms with E-state index < -0.39 is 0 Å². The van der Waals surface area contributed by atoms with Crippen molar-refractivity contribution in [3.05, 3.63) is 53.7 Å². The number of carbonyl (C=O) groups excluding carboxylic acids is 1. The summed E-state index contributed by atoms with van der Waals surface area (Å²) in [4.78, 5) is 21.0. The number of amides is 1. The fourth-order valence-electron chi connectivity index (χ4n) is 3.15. The van der Waals surface area contributed by atoms with Crippen LogP contribution in [0.4, 0.5) is 5.82 Å². The van der Waals surface area contributed by atoms with E-state index in [0.29, 0.717) is 55.6 Å². The molecule has 28 heavy (non-hydrogen) atoms. The zero-order valence-electron chi connectivity index (χ0n) is 16.5. The van der Waals surface area contributed by atoms with Crippen molar-refractivity contribution in [1.29, 1.82) is 5.26 Å². The summed E-state index contributed by atoms with van der Waals surface area (Å²) in [6, 6.07) is 13.1. The van der Waals surface area contributed by atoms with E-state index in [1.54, 1.807) is 18.3 Å². The Morgan fingerprint density at radius 3 is 2.54 bits per heavy atom. The maximum absolute atomic E-state index is 12.8. The minimum atomic E-state index is 0.0231. The predicted octanol–water partition coefficient (Wildman–Crippen LogP) is 3.34. The number of hydrogen-bond acceptors (Lipinski definition) is 5. The quantitative estimate of drug-likeness (QED) is 0.771.